The van der Waals surface area contributed by atoms with Gasteiger partial charge in [0.25, 0.3) is 5.69 Å². The molecule has 0 bridgehead atoms. The third-order valence-electron chi connectivity index (χ3n) is 3.61. The first-order valence-electron chi connectivity index (χ1n) is 7.41. The summed E-state index contributed by atoms with van der Waals surface area (Å²) in [6.45, 7) is 8.01. The van der Waals surface area contributed by atoms with Crippen molar-refractivity contribution in [3.8, 4) is 5.75 Å². The number of morpholine rings is 1. The Balaban J connectivity index is 1.68. The van der Waals surface area contributed by atoms with Crippen LogP contribution in [0.2, 0.25) is 0 Å². The minimum Gasteiger partial charge on any atom is -0.493 e. The molecule has 6 heteroatoms. The monoisotopic (exact) mass is 295 g/mol. The highest BCUT2D eigenvalue weighted by atomic mass is 16.6. The molecule has 1 heterocycles. The van der Waals surface area contributed by atoms with E-state index in [4.69, 9.17) is 9.47 Å². The highest BCUT2D eigenvalue weighted by Crippen LogP contribution is 2.17. The van der Waals surface area contributed by atoms with Crippen molar-refractivity contribution in [3.63, 3.8) is 0 Å². The summed E-state index contributed by atoms with van der Waals surface area (Å²) in [5, 5.41) is 10.6. The lowest BCUT2D eigenvalue weighted by molar-refractivity contribution is -0.915. The Morgan fingerprint density at radius 3 is 2.48 bits per heavy atom. The van der Waals surface area contributed by atoms with Crippen LogP contribution in [-0.4, -0.2) is 43.4 Å². The van der Waals surface area contributed by atoms with Crippen molar-refractivity contribution < 1.29 is 19.3 Å². The topological polar surface area (TPSA) is 66.0 Å². The lowest BCUT2D eigenvalue weighted by Gasteiger charge is -2.32. The number of hydrogen-bond donors (Lipinski definition) is 1. The number of hydrogen-bond acceptors (Lipinski definition) is 4. The molecule has 1 aromatic carbocycles. The molecule has 2 rings (SSSR count). The van der Waals surface area contributed by atoms with Gasteiger partial charge in [-0.2, -0.15) is 0 Å². The number of nitrogens with one attached hydrogen (secondary N) is 1. The minimum absolute atomic E-state index is 0.0862. The molecule has 0 aliphatic carbocycles. The van der Waals surface area contributed by atoms with Crippen LogP contribution in [0.15, 0.2) is 24.3 Å². The molecule has 0 aromatic heterocycles. The highest BCUT2D eigenvalue weighted by molar-refractivity contribution is 5.35. The zero-order chi connectivity index (χ0) is 15.2. The Morgan fingerprint density at radius 2 is 1.90 bits per heavy atom. The molecule has 1 N–H and O–H groups in total. The molecule has 116 valence electrons. The Bertz CT molecular complexity index is 453. The van der Waals surface area contributed by atoms with E-state index in [-0.39, 0.29) is 5.69 Å². The van der Waals surface area contributed by atoms with Crippen molar-refractivity contribution in [2.75, 3.05) is 26.2 Å². The minimum atomic E-state index is -0.409. The molecule has 1 aliphatic rings. The summed E-state index contributed by atoms with van der Waals surface area (Å²) < 4.78 is 11.3. The summed E-state index contributed by atoms with van der Waals surface area (Å²) in [7, 11) is 0. The van der Waals surface area contributed by atoms with Crippen molar-refractivity contribution in [3.05, 3.63) is 34.4 Å². The second-order valence-electron chi connectivity index (χ2n) is 5.62. The molecule has 21 heavy (non-hydrogen) atoms. The van der Waals surface area contributed by atoms with Crippen LogP contribution < -0.4 is 9.64 Å². The Kier molecular flexibility index (Phi) is 5.52. The van der Waals surface area contributed by atoms with E-state index >= 15 is 0 Å². The SMILES string of the molecule is C[C@@H]1C[NH+](CCCOc2ccc([N+](=O)[O-])cc2)C[C@H](C)O1. The van der Waals surface area contributed by atoms with Crippen LogP contribution in [0.4, 0.5) is 5.69 Å². The Morgan fingerprint density at radius 1 is 1.29 bits per heavy atom. The van der Waals surface area contributed by atoms with E-state index in [9.17, 15) is 10.1 Å². The lowest BCUT2D eigenvalue weighted by atomic mass is 10.2. The predicted molar refractivity (Wildman–Crippen MR) is 78.8 cm³/mol. The highest BCUT2D eigenvalue weighted by Gasteiger charge is 2.24. The summed E-state index contributed by atoms with van der Waals surface area (Å²) in [6.07, 6.45) is 1.60. The maximum atomic E-state index is 10.6. The van der Waals surface area contributed by atoms with E-state index in [2.05, 4.69) is 13.8 Å². The fourth-order valence-electron chi connectivity index (χ4n) is 2.77. The number of rotatable bonds is 6. The van der Waals surface area contributed by atoms with Gasteiger partial charge in [0.05, 0.1) is 18.1 Å². The molecular formula is C15H23N2O4+. The van der Waals surface area contributed by atoms with Gasteiger partial charge in [-0.1, -0.05) is 0 Å². The van der Waals surface area contributed by atoms with Crippen LogP contribution in [0.5, 0.6) is 5.75 Å². The zero-order valence-electron chi connectivity index (χ0n) is 12.6. The smallest absolute Gasteiger partial charge is 0.269 e. The van der Waals surface area contributed by atoms with Crippen LogP contribution in [-0.2, 0) is 4.74 Å². The number of benzene rings is 1. The van der Waals surface area contributed by atoms with Gasteiger partial charge in [0.1, 0.15) is 31.0 Å². The van der Waals surface area contributed by atoms with Gasteiger partial charge in [-0.25, -0.2) is 0 Å². The third kappa shape index (κ3) is 4.99. The molecule has 3 atom stereocenters. The van der Waals surface area contributed by atoms with Gasteiger partial charge >= 0.3 is 0 Å². The molecule has 1 unspecified atom stereocenters. The van der Waals surface area contributed by atoms with E-state index in [1.54, 1.807) is 17.0 Å². The Labute approximate surface area is 124 Å². The second-order valence-corrected chi connectivity index (χ2v) is 5.62. The van der Waals surface area contributed by atoms with Crippen molar-refractivity contribution in [1.29, 1.82) is 0 Å². The summed E-state index contributed by atoms with van der Waals surface area (Å²) in [6, 6.07) is 6.21. The predicted octanol–water partition coefficient (Wildman–Crippen LogP) is 1.06. The first-order chi connectivity index (χ1) is 10.0. The fraction of sp³-hybridized carbons (Fsp3) is 0.600. The summed E-state index contributed by atoms with van der Waals surface area (Å²) in [5.41, 5.74) is 0.0862. The first-order valence-corrected chi connectivity index (χ1v) is 7.41. The third-order valence-corrected chi connectivity index (χ3v) is 3.61. The number of non-ortho nitro benzene ring substituents is 1. The standard InChI is InChI=1S/C15H22N2O4/c1-12-10-16(11-13(2)21-12)8-3-9-20-15-6-4-14(5-7-15)17(18)19/h4-7,12-13H,3,8-11H2,1-2H3/p+1/t12-,13+. The van der Waals surface area contributed by atoms with Crippen LogP contribution in [0, 0.1) is 10.1 Å². The van der Waals surface area contributed by atoms with Crippen molar-refractivity contribution in [2.24, 2.45) is 0 Å². The number of nitrogens with zero attached hydrogens (tertiary/aromatic N) is 1. The molecule has 0 radical (unpaired) electrons. The molecule has 6 nitrogen and oxygen atoms in total. The molecular weight excluding hydrogens is 272 g/mol. The van der Waals surface area contributed by atoms with Gasteiger partial charge in [-0.3, -0.25) is 10.1 Å². The number of quaternary nitrogens is 1. The molecule has 1 saturated heterocycles. The number of nitro groups is 1. The van der Waals surface area contributed by atoms with Gasteiger partial charge in [0.15, 0.2) is 0 Å². The van der Waals surface area contributed by atoms with Crippen molar-refractivity contribution in [1.82, 2.24) is 0 Å². The second kappa shape index (κ2) is 7.38. The average molecular weight is 295 g/mol. The van der Waals surface area contributed by atoms with Gasteiger partial charge in [-0.05, 0) is 26.0 Å². The molecule has 1 aromatic rings. The molecule has 1 fully saturated rings. The van der Waals surface area contributed by atoms with E-state index in [0.29, 0.717) is 24.6 Å². The average Bonchev–Trinajstić information content (AvgIpc) is 2.43. The normalized spacial score (nSPS) is 25.5. The summed E-state index contributed by atoms with van der Waals surface area (Å²) >= 11 is 0. The summed E-state index contributed by atoms with van der Waals surface area (Å²) in [4.78, 5) is 11.7. The van der Waals surface area contributed by atoms with E-state index < -0.39 is 4.92 Å². The van der Waals surface area contributed by atoms with Gasteiger partial charge in [0.2, 0.25) is 0 Å². The quantitative estimate of drug-likeness (QED) is 0.484. The van der Waals surface area contributed by atoms with E-state index in [1.165, 1.54) is 12.1 Å². The maximum Gasteiger partial charge on any atom is 0.269 e. The van der Waals surface area contributed by atoms with Gasteiger partial charge < -0.3 is 14.4 Å². The largest absolute Gasteiger partial charge is 0.493 e. The first kappa shape index (κ1) is 15.7. The lowest BCUT2D eigenvalue weighted by Crippen LogP contribution is -3.15. The van der Waals surface area contributed by atoms with Gasteiger partial charge in [-0.15, -0.1) is 0 Å². The van der Waals surface area contributed by atoms with E-state index in [0.717, 1.165) is 26.1 Å². The summed E-state index contributed by atoms with van der Waals surface area (Å²) in [5.74, 6) is 0.680. The Hall–Kier alpha value is -1.66. The van der Waals surface area contributed by atoms with Gasteiger partial charge in [0, 0.05) is 18.6 Å². The van der Waals surface area contributed by atoms with Crippen LogP contribution in [0.1, 0.15) is 20.3 Å². The molecule has 1 aliphatic heterocycles. The van der Waals surface area contributed by atoms with Crippen LogP contribution in [0.3, 0.4) is 0 Å². The van der Waals surface area contributed by atoms with Crippen molar-refractivity contribution in [2.45, 2.75) is 32.5 Å². The van der Waals surface area contributed by atoms with Crippen LogP contribution in [0.25, 0.3) is 0 Å². The van der Waals surface area contributed by atoms with Crippen molar-refractivity contribution >= 4 is 5.69 Å². The van der Waals surface area contributed by atoms with E-state index in [1.807, 2.05) is 0 Å². The zero-order valence-corrected chi connectivity index (χ0v) is 12.6. The molecule has 0 saturated carbocycles. The number of ether oxygens (including phenoxy) is 2. The van der Waals surface area contributed by atoms with Crippen LogP contribution >= 0.6 is 0 Å². The molecule has 0 amide bonds. The molecule has 0 spiro atoms. The fourth-order valence-corrected chi connectivity index (χ4v) is 2.77. The number of nitro benzene ring substituents is 1. The maximum absolute atomic E-state index is 10.6.